The average Bonchev–Trinajstić information content (AvgIpc) is 3.68. The highest BCUT2D eigenvalue weighted by Crippen LogP contribution is 2.40. The van der Waals surface area contributed by atoms with Gasteiger partial charge in [0, 0.05) is 36.3 Å². The van der Waals surface area contributed by atoms with Crippen molar-refractivity contribution in [1.82, 2.24) is 19.3 Å². The molecule has 0 atom stereocenters. The predicted molar refractivity (Wildman–Crippen MR) is 132 cm³/mol. The second-order valence-electron chi connectivity index (χ2n) is 8.34. The van der Waals surface area contributed by atoms with E-state index in [0.29, 0.717) is 27.8 Å². The Hall–Kier alpha value is -3.83. The third-order valence-electron chi connectivity index (χ3n) is 5.89. The number of halogens is 1. The first kappa shape index (κ1) is 22.9. The number of pyridine rings is 1. The SMILES string of the molecule is Cc1ccc2c(NS(=O)(=O)N(C)C3CC3)c(F)ccc2c1Oc1ncccc1-c1ccnc(N)n1. The van der Waals surface area contributed by atoms with Gasteiger partial charge in [0.15, 0.2) is 0 Å². The summed E-state index contributed by atoms with van der Waals surface area (Å²) in [5, 5.41) is 0.888. The first-order valence-corrected chi connectivity index (χ1v) is 12.4. The average molecular weight is 495 g/mol. The molecule has 0 amide bonds. The third kappa shape index (κ3) is 4.47. The summed E-state index contributed by atoms with van der Waals surface area (Å²) in [4.78, 5) is 12.5. The molecule has 35 heavy (non-hydrogen) atoms. The number of nitrogen functional groups attached to an aromatic ring is 1. The number of nitrogens with zero attached hydrogens (tertiary/aromatic N) is 4. The van der Waals surface area contributed by atoms with E-state index in [4.69, 9.17) is 10.5 Å². The lowest BCUT2D eigenvalue weighted by Gasteiger charge is -2.20. The van der Waals surface area contributed by atoms with Gasteiger partial charge in [0.25, 0.3) is 0 Å². The van der Waals surface area contributed by atoms with Gasteiger partial charge in [-0.25, -0.2) is 19.3 Å². The number of fused-ring (bicyclic) bond motifs is 1. The molecule has 2 aromatic carbocycles. The molecule has 3 N–H and O–H groups in total. The molecule has 0 aliphatic heterocycles. The lowest BCUT2D eigenvalue weighted by Crippen LogP contribution is -2.34. The molecule has 0 spiro atoms. The zero-order chi connectivity index (χ0) is 24.7. The van der Waals surface area contributed by atoms with Crippen molar-refractivity contribution in [3.8, 4) is 22.9 Å². The number of aromatic nitrogens is 3. The van der Waals surface area contributed by atoms with Crippen molar-refractivity contribution in [2.75, 3.05) is 17.5 Å². The van der Waals surface area contributed by atoms with Crippen LogP contribution < -0.4 is 15.2 Å². The van der Waals surface area contributed by atoms with E-state index in [1.165, 1.54) is 23.6 Å². The van der Waals surface area contributed by atoms with Crippen LogP contribution in [0.2, 0.25) is 0 Å². The fourth-order valence-corrected chi connectivity index (χ4v) is 5.04. The Morgan fingerprint density at radius 3 is 2.60 bits per heavy atom. The number of ether oxygens (including phenoxy) is 1. The molecule has 11 heteroatoms. The normalized spacial score (nSPS) is 13.8. The Bertz CT molecular complexity index is 1540. The van der Waals surface area contributed by atoms with E-state index in [9.17, 15) is 12.8 Å². The maximum atomic E-state index is 14.9. The summed E-state index contributed by atoms with van der Waals surface area (Å²) in [6.45, 7) is 1.84. The van der Waals surface area contributed by atoms with Crippen LogP contribution in [0.5, 0.6) is 11.6 Å². The number of anilines is 2. The highest BCUT2D eigenvalue weighted by molar-refractivity contribution is 7.90. The van der Waals surface area contributed by atoms with Crippen molar-refractivity contribution in [3.05, 3.63) is 66.2 Å². The van der Waals surface area contributed by atoms with Crippen molar-refractivity contribution in [1.29, 1.82) is 0 Å². The van der Waals surface area contributed by atoms with Gasteiger partial charge in [-0.1, -0.05) is 12.1 Å². The van der Waals surface area contributed by atoms with E-state index in [1.807, 2.05) is 6.92 Å². The minimum absolute atomic E-state index is 0.0647. The van der Waals surface area contributed by atoms with Crippen LogP contribution in [0.15, 0.2) is 54.9 Å². The van der Waals surface area contributed by atoms with Crippen LogP contribution in [-0.4, -0.2) is 40.8 Å². The molecule has 2 heterocycles. The van der Waals surface area contributed by atoms with E-state index in [2.05, 4.69) is 19.7 Å². The van der Waals surface area contributed by atoms with Gasteiger partial charge in [-0.15, -0.1) is 0 Å². The molecule has 9 nitrogen and oxygen atoms in total. The first-order valence-electron chi connectivity index (χ1n) is 10.9. The summed E-state index contributed by atoms with van der Waals surface area (Å²) in [6, 6.07) is 11.3. The number of aryl methyl sites for hydroxylation is 1. The largest absolute Gasteiger partial charge is 0.437 e. The van der Waals surface area contributed by atoms with Crippen molar-refractivity contribution in [2.24, 2.45) is 0 Å². The lowest BCUT2D eigenvalue weighted by atomic mass is 10.0. The first-order chi connectivity index (χ1) is 16.7. The smallest absolute Gasteiger partial charge is 0.301 e. The van der Waals surface area contributed by atoms with Crippen LogP contribution in [0.3, 0.4) is 0 Å². The molecule has 1 saturated carbocycles. The summed E-state index contributed by atoms with van der Waals surface area (Å²) < 4.78 is 50.5. The van der Waals surface area contributed by atoms with Crippen LogP contribution in [-0.2, 0) is 10.2 Å². The Morgan fingerprint density at radius 1 is 1.09 bits per heavy atom. The van der Waals surface area contributed by atoms with E-state index in [1.54, 1.807) is 42.6 Å². The molecule has 4 aromatic rings. The highest BCUT2D eigenvalue weighted by atomic mass is 32.2. The minimum Gasteiger partial charge on any atom is -0.437 e. The summed E-state index contributed by atoms with van der Waals surface area (Å²) >= 11 is 0. The molecule has 5 rings (SSSR count). The zero-order valence-electron chi connectivity index (χ0n) is 19.1. The predicted octanol–water partition coefficient (Wildman–Crippen LogP) is 4.26. The molecule has 1 fully saturated rings. The summed E-state index contributed by atoms with van der Waals surface area (Å²) in [5.74, 6) is 0.110. The summed E-state index contributed by atoms with van der Waals surface area (Å²) in [6.07, 6.45) is 4.70. The molecule has 1 aliphatic carbocycles. The highest BCUT2D eigenvalue weighted by Gasteiger charge is 2.34. The standard InChI is InChI=1S/C24H23FN6O3S/c1-14-5-8-16-17(9-10-19(25)21(16)30-35(32,33)31(2)15-6-7-15)22(14)34-23-18(4-3-12-27-23)20-11-13-28-24(26)29-20/h3-5,8-13,15,30H,6-7H2,1-2H3,(H2,26,28,29). The van der Waals surface area contributed by atoms with Crippen LogP contribution in [0.1, 0.15) is 18.4 Å². The van der Waals surface area contributed by atoms with Gasteiger partial charge >= 0.3 is 10.2 Å². The fraction of sp³-hybridized carbons (Fsp3) is 0.208. The van der Waals surface area contributed by atoms with Crippen molar-refractivity contribution in [2.45, 2.75) is 25.8 Å². The van der Waals surface area contributed by atoms with Gasteiger partial charge in [-0.2, -0.15) is 12.7 Å². The molecule has 2 aromatic heterocycles. The van der Waals surface area contributed by atoms with Crippen molar-refractivity contribution < 1.29 is 17.5 Å². The molecule has 180 valence electrons. The quantitative estimate of drug-likeness (QED) is 0.393. The number of nitrogens with one attached hydrogen (secondary N) is 1. The Labute approximate surface area is 202 Å². The van der Waals surface area contributed by atoms with Gasteiger partial charge in [-0.05, 0) is 55.7 Å². The number of rotatable bonds is 7. The van der Waals surface area contributed by atoms with Crippen LogP contribution in [0.4, 0.5) is 16.0 Å². The number of benzene rings is 2. The number of hydrogen-bond donors (Lipinski definition) is 2. The molecule has 0 saturated heterocycles. The van der Waals surface area contributed by atoms with Gasteiger partial charge < -0.3 is 10.5 Å². The van der Waals surface area contributed by atoms with Crippen LogP contribution >= 0.6 is 0 Å². The van der Waals surface area contributed by atoms with E-state index in [-0.39, 0.29) is 23.6 Å². The van der Waals surface area contributed by atoms with Crippen LogP contribution in [0, 0.1) is 12.7 Å². The van der Waals surface area contributed by atoms with E-state index >= 15 is 0 Å². The van der Waals surface area contributed by atoms with Gasteiger partial charge in [0.2, 0.25) is 11.8 Å². The molecular weight excluding hydrogens is 471 g/mol. The molecule has 1 aliphatic rings. The second kappa shape index (κ2) is 8.75. The monoisotopic (exact) mass is 494 g/mol. The van der Waals surface area contributed by atoms with Crippen molar-refractivity contribution in [3.63, 3.8) is 0 Å². The third-order valence-corrected chi connectivity index (χ3v) is 7.41. The van der Waals surface area contributed by atoms with E-state index in [0.717, 1.165) is 18.4 Å². The minimum atomic E-state index is -3.93. The van der Waals surface area contributed by atoms with Gasteiger partial charge in [-0.3, -0.25) is 4.72 Å². The Balaban J connectivity index is 1.59. The zero-order valence-corrected chi connectivity index (χ0v) is 19.9. The Kier molecular flexibility index (Phi) is 5.73. The fourth-order valence-electron chi connectivity index (χ4n) is 3.82. The maximum absolute atomic E-state index is 14.9. The molecule has 0 radical (unpaired) electrons. The summed E-state index contributed by atoms with van der Waals surface area (Å²) in [7, 11) is -2.44. The van der Waals surface area contributed by atoms with Gasteiger partial charge in [0.1, 0.15) is 11.6 Å². The molecular formula is C24H23FN6O3S. The van der Waals surface area contributed by atoms with Gasteiger partial charge in [0.05, 0.1) is 16.9 Å². The van der Waals surface area contributed by atoms with E-state index < -0.39 is 16.0 Å². The lowest BCUT2D eigenvalue weighted by molar-refractivity contribution is 0.466. The maximum Gasteiger partial charge on any atom is 0.301 e. The van der Waals surface area contributed by atoms with Crippen LogP contribution in [0.25, 0.3) is 22.0 Å². The van der Waals surface area contributed by atoms with Crippen molar-refractivity contribution >= 4 is 32.6 Å². The molecule has 0 unspecified atom stereocenters. The molecule has 0 bridgehead atoms. The Morgan fingerprint density at radius 2 is 1.86 bits per heavy atom. The number of hydrogen-bond acceptors (Lipinski definition) is 7. The topological polar surface area (TPSA) is 123 Å². The second-order valence-corrected chi connectivity index (χ2v) is 10.1. The number of nitrogens with two attached hydrogens (primary N) is 1. The summed E-state index contributed by atoms with van der Waals surface area (Å²) in [5.41, 5.74) is 7.48.